The zero-order valence-corrected chi connectivity index (χ0v) is 8.83. The van der Waals surface area contributed by atoms with Crippen molar-refractivity contribution in [2.24, 2.45) is 0 Å². The molecular formula is C10H8ClF3O. The SMILES string of the molecule is Cc1cc(C(=O)Cl)cc(C)c1C(F)(F)F. The summed E-state index contributed by atoms with van der Waals surface area (Å²) in [5.74, 6) is 0. The fourth-order valence-corrected chi connectivity index (χ4v) is 1.63. The summed E-state index contributed by atoms with van der Waals surface area (Å²) in [6, 6.07) is 2.29. The van der Waals surface area contributed by atoms with E-state index in [1.165, 1.54) is 13.8 Å². The van der Waals surface area contributed by atoms with E-state index in [0.29, 0.717) is 0 Å². The Hall–Kier alpha value is -1.03. The van der Waals surface area contributed by atoms with Gasteiger partial charge in [-0.15, -0.1) is 0 Å². The van der Waals surface area contributed by atoms with Crippen molar-refractivity contribution >= 4 is 16.8 Å². The van der Waals surface area contributed by atoms with Gasteiger partial charge in [0.15, 0.2) is 0 Å². The summed E-state index contributed by atoms with van der Waals surface area (Å²) < 4.78 is 37.6. The van der Waals surface area contributed by atoms with Gasteiger partial charge in [-0.05, 0) is 48.7 Å². The van der Waals surface area contributed by atoms with Crippen LogP contribution in [-0.4, -0.2) is 5.24 Å². The smallest absolute Gasteiger partial charge is 0.276 e. The molecule has 1 rings (SSSR count). The summed E-state index contributed by atoms with van der Waals surface area (Å²) in [5, 5.41) is -0.755. The van der Waals surface area contributed by atoms with Crippen molar-refractivity contribution in [1.29, 1.82) is 0 Å². The van der Waals surface area contributed by atoms with Crippen LogP contribution in [-0.2, 0) is 6.18 Å². The number of alkyl halides is 3. The molecule has 0 radical (unpaired) electrons. The predicted octanol–water partition coefficient (Wildman–Crippen LogP) is 3.70. The summed E-state index contributed by atoms with van der Waals surface area (Å²) in [7, 11) is 0. The van der Waals surface area contributed by atoms with Gasteiger partial charge in [0.05, 0.1) is 5.56 Å². The van der Waals surface area contributed by atoms with Crippen LogP contribution in [0.15, 0.2) is 12.1 Å². The van der Waals surface area contributed by atoms with E-state index in [1.807, 2.05) is 0 Å². The van der Waals surface area contributed by atoms with Crippen LogP contribution >= 0.6 is 11.6 Å². The summed E-state index contributed by atoms with van der Waals surface area (Å²) in [6.45, 7) is 2.61. The van der Waals surface area contributed by atoms with Crippen LogP contribution < -0.4 is 0 Å². The van der Waals surface area contributed by atoms with Crippen molar-refractivity contribution < 1.29 is 18.0 Å². The monoisotopic (exact) mass is 236 g/mol. The lowest BCUT2D eigenvalue weighted by molar-refractivity contribution is -0.138. The van der Waals surface area contributed by atoms with Crippen LogP contribution in [0.1, 0.15) is 27.0 Å². The van der Waals surface area contributed by atoms with Gasteiger partial charge in [-0.2, -0.15) is 13.2 Å². The number of halogens is 4. The number of hydrogen-bond donors (Lipinski definition) is 0. The highest BCUT2D eigenvalue weighted by Crippen LogP contribution is 2.34. The zero-order chi connectivity index (χ0) is 11.8. The van der Waals surface area contributed by atoms with Crippen LogP contribution in [0.25, 0.3) is 0 Å². The molecule has 0 heterocycles. The topological polar surface area (TPSA) is 17.1 Å². The van der Waals surface area contributed by atoms with E-state index < -0.39 is 17.0 Å². The van der Waals surface area contributed by atoms with Crippen LogP contribution in [0.3, 0.4) is 0 Å². The van der Waals surface area contributed by atoms with Crippen molar-refractivity contribution in [3.05, 3.63) is 34.4 Å². The van der Waals surface area contributed by atoms with Crippen LogP contribution in [0.5, 0.6) is 0 Å². The van der Waals surface area contributed by atoms with Gasteiger partial charge < -0.3 is 0 Å². The summed E-state index contributed by atoms with van der Waals surface area (Å²) in [5.41, 5.74) is -0.609. The van der Waals surface area contributed by atoms with Crippen molar-refractivity contribution in [2.45, 2.75) is 20.0 Å². The highest BCUT2D eigenvalue weighted by atomic mass is 35.5. The second-order valence-electron chi connectivity index (χ2n) is 3.26. The second kappa shape index (κ2) is 3.85. The van der Waals surface area contributed by atoms with Crippen LogP contribution in [0.4, 0.5) is 13.2 Å². The van der Waals surface area contributed by atoms with Gasteiger partial charge in [-0.25, -0.2) is 0 Å². The minimum Gasteiger partial charge on any atom is -0.276 e. The Morgan fingerprint density at radius 1 is 1.20 bits per heavy atom. The van der Waals surface area contributed by atoms with Crippen molar-refractivity contribution in [3.63, 3.8) is 0 Å². The first kappa shape index (κ1) is 12.0. The van der Waals surface area contributed by atoms with Crippen LogP contribution in [0.2, 0.25) is 0 Å². The molecule has 0 saturated heterocycles. The molecule has 0 bridgehead atoms. The number of aryl methyl sites for hydroxylation is 2. The van der Waals surface area contributed by atoms with Gasteiger partial charge >= 0.3 is 6.18 Å². The van der Waals surface area contributed by atoms with E-state index in [2.05, 4.69) is 0 Å². The molecule has 1 aromatic rings. The summed E-state index contributed by atoms with van der Waals surface area (Å²) in [6.07, 6.45) is -4.40. The van der Waals surface area contributed by atoms with E-state index in [0.717, 1.165) is 12.1 Å². The average Bonchev–Trinajstić information content (AvgIpc) is 1.99. The van der Waals surface area contributed by atoms with E-state index in [4.69, 9.17) is 11.6 Å². The Bertz CT molecular complexity index is 387. The molecule has 0 unspecified atom stereocenters. The third-order valence-corrected chi connectivity index (χ3v) is 2.26. The Kier molecular flexibility index (Phi) is 3.09. The molecule has 0 spiro atoms. The number of benzene rings is 1. The minimum absolute atomic E-state index is 0.00602. The predicted molar refractivity (Wildman–Crippen MR) is 51.1 cm³/mol. The molecule has 0 fully saturated rings. The van der Waals surface area contributed by atoms with E-state index in [9.17, 15) is 18.0 Å². The Labute approximate surface area is 89.9 Å². The van der Waals surface area contributed by atoms with E-state index >= 15 is 0 Å². The Morgan fingerprint density at radius 2 is 1.60 bits per heavy atom. The number of rotatable bonds is 1. The van der Waals surface area contributed by atoms with Crippen molar-refractivity contribution in [3.8, 4) is 0 Å². The molecule has 5 heteroatoms. The van der Waals surface area contributed by atoms with E-state index in [-0.39, 0.29) is 16.7 Å². The Morgan fingerprint density at radius 3 is 1.87 bits per heavy atom. The lowest BCUT2D eigenvalue weighted by atomic mass is 9.99. The molecule has 0 aliphatic carbocycles. The number of carbonyl (C=O) groups excluding carboxylic acids is 1. The maximum Gasteiger partial charge on any atom is 0.416 e. The summed E-state index contributed by atoms with van der Waals surface area (Å²) >= 11 is 5.19. The van der Waals surface area contributed by atoms with Crippen molar-refractivity contribution in [2.75, 3.05) is 0 Å². The van der Waals surface area contributed by atoms with Gasteiger partial charge in [-0.1, -0.05) is 0 Å². The molecule has 0 aliphatic heterocycles. The molecule has 1 aromatic carbocycles. The molecule has 0 amide bonds. The molecule has 0 saturated carbocycles. The first-order valence-corrected chi connectivity index (χ1v) is 4.49. The first-order valence-electron chi connectivity index (χ1n) is 4.11. The van der Waals surface area contributed by atoms with Gasteiger partial charge in [0.2, 0.25) is 0 Å². The van der Waals surface area contributed by atoms with Crippen LogP contribution in [0, 0.1) is 13.8 Å². The lowest BCUT2D eigenvalue weighted by Crippen LogP contribution is -2.11. The first-order chi connectivity index (χ1) is 6.73. The van der Waals surface area contributed by atoms with Gasteiger partial charge in [0, 0.05) is 5.56 Å². The molecule has 0 N–H and O–H groups in total. The second-order valence-corrected chi connectivity index (χ2v) is 3.60. The molecule has 15 heavy (non-hydrogen) atoms. The number of carbonyl (C=O) groups is 1. The third kappa shape index (κ3) is 2.50. The Balaban J connectivity index is 3.41. The molecule has 0 aliphatic rings. The molecular weight excluding hydrogens is 229 g/mol. The maximum absolute atomic E-state index is 12.5. The molecule has 1 nitrogen and oxygen atoms in total. The van der Waals surface area contributed by atoms with Crippen molar-refractivity contribution in [1.82, 2.24) is 0 Å². The molecule has 0 atom stereocenters. The van der Waals surface area contributed by atoms with Gasteiger partial charge in [0.1, 0.15) is 0 Å². The molecule has 82 valence electrons. The quantitative estimate of drug-likeness (QED) is 0.680. The highest BCUT2D eigenvalue weighted by Gasteiger charge is 2.34. The van der Waals surface area contributed by atoms with Gasteiger partial charge in [-0.3, -0.25) is 4.79 Å². The molecule has 0 aromatic heterocycles. The van der Waals surface area contributed by atoms with Gasteiger partial charge in [0.25, 0.3) is 5.24 Å². The van der Waals surface area contributed by atoms with E-state index in [1.54, 1.807) is 0 Å². The maximum atomic E-state index is 12.5. The average molecular weight is 237 g/mol. The normalized spacial score (nSPS) is 11.6. The third-order valence-electron chi connectivity index (χ3n) is 2.04. The summed E-state index contributed by atoms with van der Waals surface area (Å²) in [4.78, 5) is 10.8. The fourth-order valence-electron chi connectivity index (χ4n) is 1.52. The lowest BCUT2D eigenvalue weighted by Gasteiger charge is -2.14. The fraction of sp³-hybridized carbons (Fsp3) is 0.300. The minimum atomic E-state index is -4.40. The highest BCUT2D eigenvalue weighted by molar-refractivity contribution is 6.67. The standard InChI is InChI=1S/C10H8ClF3O/c1-5-3-7(9(11)15)4-6(2)8(5)10(12,13)14/h3-4H,1-2H3. The largest absolute Gasteiger partial charge is 0.416 e. The number of hydrogen-bond acceptors (Lipinski definition) is 1. The zero-order valence-electron chi connectivity index (χ0n) is 8.07.